The molecular weight excluding hydrogens is 780 g/mol. The molecule has 268 valence electrons. The molecule has 0 spiro atoms. The number of hydrogen-bond acceptors (Lipinski definition) is 8. The van der Waals surface area contributed by atoms with E-state index in [1.54, 1.807) is 0 Å². The fraction of sp³-hybridized carbons (Fsp3) is 0.258. The van der Waals surface area contributed by atoms with Crippen LogP contribution in [0.2, 0.25) is 0 Å². The molecule has 4 rings (SSSR count). The molecule has 0 radical (unpaired) electrons. The molecule has 0 atom stereocenters. The Morgan fingerprint density at radius 1 is 0.800 bits per heavy atom. The topological polar surface area (TPSA) is 151 Å². The summed E-state index contributed by atoms with van der Waals surface area (Å²) in [5.41, 5.74) is -0.806. The van der Waals surface area contributed by atoms with Crippen LogP contribution in [0.15, 0.2) is 77.3 Å². The van der Waals surface area contributed by atoms with Crippen LogP contribution in [0.4, 0.5) is 37.7 Å². The van der Waals surface area contributed by atoms with Crippen LogP contribution in [0.5, 0.6) is 0 Å². The predicted octanol–water partition coefficient (Wildman–Crippen LogP) is 7.39. The molecule has 50 heavy (non-hydrogen) atoms. The van der Waals surface area contributed by atoms with Crippen LogP contribution in [0.1, 0.15) is 34.6 Å². The van der Waals surface area contributed by atoms with Crippen molar-refractivity contribution in [2.45, 2.75) is 31.8 Å². The highest BCUT2D eigenvalue weighted by Gasteiger charge is 2.32. The van der Waals surface area contributed by atoms with E-state index in [2.05, 4.69) is 30.6 Å². The molecule has 0 fully saturated rings. The van der Waals surface area contributed by atoms with Crippen LogP contribution in [0, 0.1) is 11.3 Å². The molecule has 0 aliphatic carbocycles. The Kier molecular flexibility index (Phi) is 13.4. The van der Waals surface area contributed by atoms with Gasteiger partial charge in [0.25, 0.3) is 0 Å². The quantitative estimate of drug-likeness (QED) is 0.118. The van der Waals surface area contributed by atoms with Gasteiger partial charge in [-0.25, -0.2) is 26.8 Å². The lowest BCUT2D eigenvalue weighted by Gasteiger charge is -2.13. The maximum absolute atomic E-state index is 13.4. The molecule has 3 aromatic carbocycles. The van der Waals surface area contributed by atoms with Gasteiger partial charge in [-0.05, 0) is 60.9 Å². The van der Waals surface area contributed by atoms with E-state index in [0.29, 0.717) is 37.8 Å². The maximum atomic E-state index is 13.4. The standard InChI is InChI=1S/C23H21F3N4O3S.C8H7BrF3NO2S/c1-34(31,32)30-20-11-17(10-18(12-20)23(24,25)26)21-13-19(28-22(14-27)29-21)8-5-9-33-15-16-6-3-2-4-7-16;1-16(14,15)13-7-3-5(8(10,11)12)2-6(9)4-7/h2-4,6-7,10-13,30H,5,8-9,15H2,1H3;2-4,13H,1H3. The van der Waals surface area contributed by atoms with E-state index in [-0.39, 0.29) is 32.9 Å². The van der Waals surface area contributed by atoms with Crippen molar-refractivity contribution in [1.82, 2.24) is 9.97 Å². The Balaban J connectivity index is 0.000000354. The Hall–Kier alpha value is -4.25. The van der Waals surface area contributed by atoms with Crippen molar-refractivity contribution in [1.29, 1.82) is 5.26 Å². The normalized spacial score (nSPS) is 12.0. The zero-order valence-corrected chi connectivity index (χ0v) is 29.3. The molecule has 0 saturated heterocycles. The molecule has 10 nitrogen and oxygen atoms in total. The van der Waals surface area contributed by atoms with E-state index in [0.717, 1.165) is 36.3 Å². The molecule has 0 unspecified atom stereocenters. The van der Waals surface area contributed by atoms with Crippen molar-refractivity contribution in [3.8, 4) is 17.3 Å². The third kappa shape index (κ3) is 13.9. The zero-order valence-electron chi connectivity index (χ0n) is 26.1. The first-order chi connectivity index (χ1) is 23.1. The summed E-state index contributed by atoms with van der Waals surface area (Å²) in [6.45, 7) is 0.863. The van der Waals surface area contributed by atoms with Gasteiger partial charge in [0.1, 0.15) is 6.07 Å². The highest BCUT2D eigenvalue weighted by molar-refractivity contribution is 9.10. The minimum absolute atomic E-state index is 0.00135. The number of nitriles is 1. The largest absolute Gasteiger partial charge is 0.416 e. The minimum atomic E-state index is -4.71. The summed E-state index contributed by atoms with van der Waals surface area (Å²) in [6, 6.07) is 18.5. The molecule has 2 N–H and O–H groups in total. The average molecular weight is 809 g/mol. The van der Waals surface area contributed by atoms with E-state index in [1.807, 2.05) is 41.1 Å². The Labute approximate surface area is 292 Å². The highest BCUT2D eigenvalue weighted by Crippen LogP contribution is 2.35. The fourth-order valence-corrected chi connectivity index (χ4v) is 5.77. The van der Waals surface area contributed by atoms with E-state index in [4.69, 9.17) is 4.74 Å². The summed E-state index contributed by atoms with van der Waals surface area (Å²) in [7, 11) is -7.41. The minimum Gasteiger partial charge on any atom is -0.377 e. The second kappa shape index (κ2) is 16.6. The van der Waals surface area contributed by atoms with E-state index in [1.165, 1.54) is 18.2 Å². The number of aromatic nitrogens is 2. The number of anilines is 2. The van der Waals surface area contributed by atoms with Crippen LogP contribution in [0.3, 0.4) is 0 Å². The number of nitrogens with zero attached hydrogens (tertiary/aromatic N) is 3. The highest BCUT2D eigenvalue weighted by atomic mass is 79.9. The lowest BCUT2D eigenvalue weighted by atomic mass is 10.0. The van der Waals surface area contributed by atoms with Crippen molar-refractivity contribution >= 4 is 47.4 Å². The summed E-state index contributed by atoms with van der Waals surface area (Å²) in [6.07, 6.45) is -6.56. The summed E-state index contributed by atoms with van der Waals surface area (Å²) < 4.78 is 132. The van der Waals surface area contributed by atoms with Crippen LogP contribution >= 0.6 is 15.9 Å². The Bertz CT molecular complexity index is 2060. The van der Waals surface area contributed by atoms with Gasteiger partial charge < -0.3 is 4.74 Å². The number of halogens is 7. The number of nitrogens with one attached hydrogen (secondary N) is 2. The number of rotatable bonds is 11. The van der Waals surface area contributed by atoms with E-state index in [9.17, 15) is 48.4 Å². The molecule has 0 amide bonds. The van der Waals surface area contributed by atoms with Gasteiger partial charge in [-0.3, -0.25) is 9.44 Å². The van der Waals surface area contributed by atoms with Gasteiger partial charge in [-0.2, -0.15) is 31.6 Å². The van der Waals surface area contributed by atoms with Gasteiger partial charge in [0.05, 0.1) is 41.6 Å². The number of hydrogen-bond donors (Lipinski definition) is 2. The van der Waals surface area contributed by atoms with Crippen LogP contribution in [-0.4, -0.2) is 45.9 Å². The first kappa shape index (κ1) is 40.2. The summed E-state index contributed by atoms with van der Waals surface area (Å²) >= 11 is 2.88. The number of sulfonamides is 2. The van der Waals surface area contributed by atoms with Crippen LogP contribution in [-0.2, 0) is 50.2 Å². The van der Waals surface area contributed by atoms with Gasteiger partial charge in [-0.15, -0.1) is 0 Å². The van der Waals surface area contributed by atoms with Crippen molar-refractivity contribution in [2.75, 3.05) is 28.6 Å². The molecule has 19 heteroatoms. The molecular formula is C31H28BrF6N5O5S2. The number of alkyl halides is 6. The van der Waals surface area contributed by atoms with Crippen molar-refractivity contribution in [3.05, 3.63) is 105 Å². The molecule has 0 aliphatic heterocycles. The molecule has 0 saturated carbocycles. The monoisotopic (exact) mass is 807 g/mol. The maximum Gasteiger partial charge on any atom is 0.416 e. The van der Waals surface area contributed by atoms with Crippen molar-refractivity contribution < 1.29 is 47.9 Å². The second-order valence-electron chi connectivity index (χ2n) is 10.6. The first-order valence-corrected chi connectivity index (χ1v) is 18.6. The first-order valence-electron chi connectivity index (χ1n) is 14.1. The summed E-state index contributed by atoms with van der Waals surface area (Å²) in [4.78, 5) is 8.14. The molecule has 1 aromatic heterocycles. The van der Waals surface area contributed by atoms with Gasteiger partial charge >= 0.3 is 12.4 Å². The summed E-state index contributed by atoms with van der Waals surface area (Å²) in [5, 5.41) is 9.29. The smallest absolute Gasteiger partial charge is 0.377 e. The van der Waals surface area contributed by atoms with E-state index >= 15 is 0 Å². The van der Waals surface area contributed by atoms with Gasteiger partial charge in [0, 0.05) is 28.0 Å². The zero-order chi connectivity index (χ0) is 37.3. The number of aryl methyl sites for hydroxylation is 1. The number of ether oxygens (including phenoxy) is 1. The fourth-order valence-electron chi connectivity index (χ4n) is 4.18. The lowest BCUT2D eigenvalue weighted by Crippen LogP contribution is -2.12. The van der Waals surface area contributed by atoms with Gasteiger partial charge in [0.2, 0.25) is 25.9 Å². The van der Waals surface area contributed by atoms with Crippen LogP contribution < -0.4 is 9.44 Å². The Morgan fingerprint density at radius 2 is 1.36 bits per heavy atom. The van der Waals surface area contributed by atoms with Gasteiger partial charge in [0.15, 0.2) is 0 Å². The molecule has 0 aliphatic rings. The third-order valence-electron chi connectivity index (χ3n) is 6.10. The lowest BCUT2D eigenvalue weighted by molar-refractivity contribution is -0.138. The molecule has 4 aromatic rings. The third-order valence-corrected chi connectivity index (χ3v) is 7.77. The summed E-state index contributed by atoms with van der Waals surface area (Å²) in [5.74, 6) is -0.201. The van der Waals surface area contributed by atoms with Crippen molar-refractivity contribution in [2.24, 2.45) is 0 Å². The van der Waals surface area contributed by atoms with E-state index < -0.39 is 43.5 Å². The Morgan fingerprint density at radius 3 is 1.90 bits per heavy atom. The van der Waals surface area contributed by atoms with Crippen LogP contribution in [0.25, 0.3) is 11.3 Å². The second-order valence-corrected chi connectivity index (χ2v) is 15.0. The SMILES string of the molecule is CS(=O)(=O)Nc1cc(-c2cc(CCCOCc3ccccc3)nc(C#N)n2)cc(C(F)(F)F)c1.CS(=O)(=O)Nc1cc(Br)cc(C(F)(F)F)c1. The molecule has 1 heterocycles. The predicted molar refractivity (Wildman–Crippen MR) is 178 cm³/mol. The molecule has 0 bridgehead atoms. The average Bonchev–Trinajstić information content (AvgIpc) is 2.98. The number of benzene rings is 3. The van der Waals surface area contributed by atoms with Gasteiger partial charge in [-0.1, -0.05) is 46.3 Å². The van der Waals surface area contributed by atoms with Crippen molar-refractivity contribution in [3.63, 3.8) is 0 Å².